The summed E-state index contributed by atoms with van der Waals surface area (Å²) in [6.45, 7) is 8.88. The molecule has 10 nitrogen and oxygen atoms in total. The van der Waals surface area contributed by atoms with Crippen molar-refractivity contribution in [3.8, 4) is 0 Å². The van der Waals surface area contributed by atoms with Gasteiger partial charge in [0.25, 0.3) is 11.8 Å². The smallest absolute Gasteiger partial charge is 0.435 e. The number of aromatic nitrogens is 2. The molecule has 5 rings (SSSR count). The molecule has 3 heterocycles. The zero-order valence-electron chi connectivity index (χ0n) is 23.6. The van der Waals surface area contributed by atoms with E-state index in [2.05, 4.69) is 20.6 Å². The fourth-order valence-corrected chi connectivity index (χ4v) is 4.90. The van der Waals surface area contributed by atoms with E-state index in [1.54, 1.807) is 12.1 Å². The molecule has 214 valence electrons. The molecule has 1 aliphatic rings. The highest BCUT2D eigenvalue weighted by atomic mass is 16.6. The maximum absolute atomic E-state index is 13.2. The SMILES string of the molecule is CCCOC(=O)n1nc(NC(=O)c2ccc(CN3CCCC3)cc2)c2oc(C(=O)NC(C)(C)c3ccccc3)cc21. The number of anilines is 1. The third-order valence-corrected chi connectivity index (χ3v) is 7.16. The number of furan rings is 1. The average molecular weight is 558 g/mol. The number of hydrogen-bond donors (Lipinski definition) is 2. The molecule has 4 aromatic rings. The second-order valence-electron chi connectivity index (χ2n) is 10.8. The van der Waals surface area contributed by atoms with Gasteiger partial charge in [0, 0.05) is 18.2 Å². The fourth-order valence-electron chi connectivity index (χ4n) is 4.90. The molecule has 1 saturated heterocycles. The van der Waals surface area contributed by atoms with Gasteiger partial charge in [0.2, 0.25) is 0 Å². The number of hydrogen-bond acceptors (Lipinski definition) is 7. The molecule has 0 atom stereocenters. The summed E-state index contributed by atoms with van der Waals surface area (Å²) < 4.78 is 12.2. The van der Waals surface area contributed by atoms with Crippen LogP contribution in [0.4, 0.5) is 10.6 Å². The zero-order chi connectivity index (χ0) is 29.0. The van der Waals surface area contributed by atoms with Crippen LogP contribution in [0.25, 0.3) is 11.1 Å². The monoisotopic (exact) mass is 557 g/mol. The van der Waals surface area contributed by atoms with E-state index in [-0.39, 0.29) is 29.3 Å². The highest BCUT2D eigenvalue weighted by Gasteiger charge is 2.28. The molecule has 41 heavy (non-hydrogen) atoms. The first-order valence-corrected chi connectivity index (χ1v) is 14.0. The predicted molar refractivity (Wildman–Crippen MR) is 155 cm³/mol. The lowest BCUT2D eigenvalue weighted by Crippen LogP contribution is -2.40. The van der Waals surface area contributed by atoms with Crippen LogP contribution >= 0.6 is 0 Å². The van der Waals surface area contributed by atoms with Crippen LogP contribution in [0.15, 0.2) is 65.1 Å². The van der Waals surface area contributed by atoms with E-state index in [0.717, 1.165) is 35.4 Å². The molecule has 2 aromatic carbocycles. The molecule has 0 radical (unpaired) electrons. The number of amides is 2. The van der Waals surface area contributed by atoms with Gasteiger partial charge in [-0.05, 0) is 69.5 Å². The number of likely N-dealkylation sites (tertiary alicyclic amines) is 1. The van der Waals surface area contributed by atoms with E-state index in [9.17, 15) is 14.4 Å². The number of carbonyl (C=O) groups is 3. The van der Waals surface area contributed by atoms with Gasteiger partial charge in [-0.1, -0.05) is 49.4 Å². The van der Waals surface area contributed by atoms with Crippen LogP contribution in [-0.4, -0.2) is 52.3 Å². The molecule has 0 unspecified atom stereocenters. The number of nitrogens with zero attached hydrogens (tertiary/aromatic N) is 3. The van der Waals surface area contributed by atoms with Crippen LogP contribution in [0.5, 0.6) is 0 Å². The maximum Gasteiger partial charge on any atom is 0.435 e. The van der Waals surface area contributed by atoms with E-state index in [1.165, 1.54) is 18.9 Å². The summed E-state index contributed by atoms with van der Waals surface area (Å²) in [7, 11) is 0. The van der Waals surface area contributed by atoms with Gasteiger partial charge in [0.05, 0.1) is 12.1 Å². The van der Waals surface area contributed by atoms with E-state index >= 15 is 0 Å². The lowest BCUT2D eigenvalue weighted by molar-refractivity contribution is 0.0885. The maximum atomic E-state index is 13.2. The van der Waals surface area contributed by atoms with E-state index in [0.29, 0.717) is 12.0 Å². The summed E-state index contributed by atoms with van der Waals surface area (Å²) in [6.07, 6.45) is 2.32. The minimum absolute atomic E-state index is 0.0148. The second kappa shape index (κ2) is 12.0. The highest BCUT2D eigenvalue weighted by molar-refractivity contribution is 6.08. The summed E-state index contributed by atoms with van der Waals surface area (Å²) in [5.74, 6) is -0.908. The van der Waals surface area contributed by atoms with Gasteiger partial charge in [-0.15, -0.1) is 5.10 Å². The lowest BCUT2D eigenvalue weighted by Gasteiger charge is -2.26. The largest absolute Gasteiger partial charge is 0.448 e. The summed E-state index contributed by atoms with van der Waals surface area (Å²) in [6, 6.07) is 18.4. The second-order valence-corrected chi connectivity index (χ2v) is 10.8. The number of carbonyl (C=O) groups excluding carboxylic acids is 3. The minimum Gasteiger partial charge on any atom is -0.448 e. The van der Waals surface area contributed by atoms with Gasteiger partial charge in [0.15, 0.2) is 17.2 Å². The first kappa shape index (κ1) is 28.1. The molecule has 0 bridgehead atoms. The van der Waals surface area contributed by atoms with Crippen molar-refractivity contribution in [2.24, 2.45) is 0 Å². The number of nitrogens with one attached hydrogen (secondary N) is 2. The summed E-state index contributed by atoms with van der Waals surface area (Å²) in [4.78, 5) is 41.5. The van der Waals surface area contributed by atoms with Crippen molar-refractivity contribution < 1.29 is 23.5 Å². The molecule has 0 spiro atoms. The van der Waals surface area contributed by atoms with Crippen molar-refractivity contribution >= 4 is 34.8 Å². The Morgan fingerprint density at radius 2 is 1.71 bits per heavy atom. The van der Waals surface area contributed by atoms with Crippen LogP contribution in [-0.2, 0) is 16.8 Å². The van der Waals surface area contributed by atoms with Gasteiger partial charge in [0.1, 0.15) is 5.52 Å². The quantitative estimate of drug-likeness (QED) is 0.277. The van der Waals surface area contributed by atoms with E-state index in [1.807, 2.05) is 63.2 Å². The van der Waals surface area contributed by atoms with Crippen molar-refractivity contribution in [1.29, 1.82) is 0 Å². The van der Waals surface area contributed by atoms with Crippen LogP contribution in [0.3, 0.4) is 0 Å². The van der Waals surface area contributed by atoms with Crippen molar-refractivity contribution in [3.63, 3.8) is 0 Å². The van der Waals surface area contributed by atoms with Crippen molar-refractivity contribution in [3.05, 3.63) is 83.1 Å². The van der Waals surface area contributed by atoms with Crippen LogP contribution < -0.4 is 10.6 Å². The van der Waals surface area contributed by atoms with Crippen molar-refractivity contribution in [2.45, 2.75) is 52.1 Å². The van der Waals surface area contributed by atoms with E-state index in [4.69, 9.17) is 9.15 Å². The third kappa shape index (κ3) is 6.33. The van der Waals surface area contributed by atoms with Crippen molar-refractivity contribution in [2.75, 3.05) is 25.0 Å². The minimum atomic E-state index is -0.735. The molecule has 1 fully saturated rings. The topological polar surface area (TPSA) is 119 Å². The summed E-state index contributed by atoms with van der Waals surface area (Å²) >= 11 is 0. The standard InChI is InChI=1S/C31H35N5O5/c1-4-18-40-30(39)36-24-19-25(29(38)33-31(2,3)23-10-6-5-7-11-23)41-26(24)27(34-36)32-28(37)22-14-12-21(13-15-22)20-35-16-8-9-17-35/h5-7,10-15,19H,4,8-9,16-18,20H2,1-3H3,(H,33,38)(H,32,34,37). The average Bonchev–Trinajstić information content (AvgIpc) is 3.71. The number of fused-ring (bicyclic) bond motifs is 1. The Morgan fingerprint density at radius 1 is 1.00 bits per heavy atom. The summed E-state index contributed by atoms with van der Waals surface area (Å²) in [5, 5.41) is 9.96. The third-order valence-electron chi connectivity index (χ3n) is 7.16. The van der Waals surface area contributed by atoms with Gasteiger partial charge in [-0.25, -0.2) is 4.79 Å². The van der Waals surface area contributed by atoms with Gasteiger partial charge in [-0.2, -0.15) is 4.68 Å². The molecule has 1 aliphatic heterocycles. The zero-order valence-corrected chi connectivity index (χ0v) is 23.6. The number of benzene rings is 2. The Kier molecular flexibility index (Phi) is 8.21. The van der Waals surface area contributed by atoms with Gasteiger partial charge in [-0.3, -0.25) is 14.5 Å². The summed E-state index contributed by atoms with van der Waals surface area (Å²) in [5.41, 5.74) is 2.10. The Hall–Kier alpha value is -4.44. The van der Waals surface area contributed by atoms with Crippen LogP contribution in [0, 0.1) is 0 Å². The predicted octanol–water partition coefficient (Wildman–Crippen LogP) is 5.54. The molecule has 2 amide bonds. The molecule has 0 saturated carbocycles. The molecule has 0 aliphatic carbocycles. The molecule has 2 N–H and O–H groups in total. The van der Waals surface area contributed by atoms with Crippen LogP contribution in [0.2, 0.25) is 0 Å². The van der Waals surface area contributed by atoms with Crippen LogP contribution in [0.1, 0.15) is 72.1 Å². The number of ether oxygens (including phenoxy) is 1. The first-order valence-electron chi connectivity index (χ1n) is 14.0. The fraction of sp³-hybridized carbons (Fsp3) is 0.355. The molecule has 10 heteroatoms. The number of rotatable bonds is 9. The Morgan fingerprint density at radius 3 is 2.39 bits per heavy atom. The Bertz CT molecular complexity index is 1530. The van der Waals surface area contributed by atoms with Gasteiger partial charge >= 0.3 is 6.09 Å². The molecular formula is C31H35N5O5. The first-order chi connectivity index (χ1) is 19.7. The van der Waals surface area contributed by atoms with E-state index < -0.39 is 23.4 Å². The van der Waals surface area contributed by atoms with Crippen molar-refractivity contribution in [1.82, 2.24) is 20.0 Å². The molecular weight excluding hydrogens is 522 g/mol. The van der Waals surface area contributed by atoms with Gasteiger partial charge < -0.3 is 19.8 Å². The Labute approximate surface area is 238 Å². The normalized spacial score (nSPS) is 13.8. The lowest BCUT2D eigenvalue weighted by atomic mass is 9.94. The highest BCUT2D eigenvalue weighted by Crippen LogP contribution is 2.29. The molecule has 2 aromatic heterocycles. The Balaban J connectivity index is 1.39.